The lowest BCUT2D eigenvalue weighted by atomic mass is 10.1. The van der Waals surface area contributed by atoms with E-state index in [2.05, 4.69) is 41.1 Å². The highest BCUT2D eigenvalue weighted by Gasteiger charge is 2.41. The molecule has 2 atom stereocenters. The Morgan fingerprint density at radius 2 is 1.94 bits per heavy atom. The van der Waals surface area contributed by atoms with Gasteiger partial charge in [0.1, 0.15) is 0 Å². The van der Waals surface area contributed by atoms with Gasteiger partial charge >= 0.3 is 0 Å². The van der Waals surface area contributed by atoms with Gasteiger partial charge < -0.3 is 10.6 Å². The van der Waals surface area contributed by atoms with Gasteiger partial charge in [0.2, 0.25) is 0 Å². The lowest BCUT2D eigenvalue weighted by molar-refractivity contribution is 0.143. The van der Waals surface area contributed by atoms with Gasteiger partial charge in [0.25, 0.3) is 0 Å². The minimum atomic E-state index is 0.651. The smallest absolute Gasteiger partial charge is 0.0242 e. The van der Waals surface area contributed by atoms with E-state index in [1.807, 2.05) is 0 Å². The van der Waals surface area contributed by atoms with E-state index in [-0.39, 0.29) is 0 Å². The fourth-order valence-corrected chi connectivity index (χ4v) is 3.27. The van der Waals surface area contributed by atoms with Crippen LogP contribution in [0.15, 0.2) is 24.3 Å². The predicted octanol–water partition coefficient (Wildman–Crippen LogP) is 1.03. The molecule has 0 spiro atoms. The average Bonchev–Trinajstić information content (AvgIpc) is 2.88. The summed E-state index contributed by atoms with van der Waals surface area (Å²) in [6, 6.07) is 10.1. The monoisotopic (exact) mass is 231 g/mol. The SMILES string of the molecule is CN1CC2CC1CN2Cc1ccccc1CN. The summed E-state index contributed by atoms with van der Waals surface area (Å²) in [5.41, 5.74) is 8.50. The maximum Gasteiger partial charge on any atom is 0.0242 e. The van der Waals surface area contributed by atoms with E-state index in [9.17, 15) is 0 Å². The number of nitrogens with two attached hydrogens (primary N) is 1. The molecule has 92 valence electrons. The minimum Gasteiger partial charge on any atom is -0.326 e. The zero-order chi connectivity index (χ0) is 11.8. The van der Waals surface area contributed by atoms with Crippen LogP contribution in [0.4, 0.5) is 0 Å². The second-order valence-corrected chi connectivity index (χ2v) is 5.39. The number of likely N-dealkylation sites (tertiary alicyclic amines) is 2. The number of hydrogen-bond acceptors (Lipinski definition) is 3. The first-order valence-electron chi connectivity index (χ1n) is 6.49. The largest absolute Gasteiger partial charge is 0.326 e. The van der Waals surface area contributed by atoms with Crippen molar-refractivity contribution in [2.24, 2.45) is 5.73 Å². The van der Waals surface area contributed by atoms with Gasteiger partial charge in [-0.3, -0.25) is 4.90 Å². The number of rotatable bonds is 3. The quantitative estimate of drug-likeness (QED) is 0.843. The van der Waals surface area contributed by atoms with E-state index < -0.39 is 0 Å². The molecule has 2 N–H and O–H groups in total. The molecule has 0 aromatic heterocycles. The maximum absolute atomic E-state index is 5.80. The van der Waals surface area contributed by atoms with Crippen LogP contribution >= 0.6 is 0 Å². The van der Waals surface area contributed by atoms with Gasteiger partial charge in [0, 0.05) is 38.3 Å². The van der Waals surface area contributed by atoms with Crippen LogP contribution in [0.25, 0.3) is 0 Å². The lowest BCUT2D eigenvalue weighted by Crippen LogP contribution is -2.44. The van der Waals surface area contributed by atoms with E-state index in [1.165, 1.54) is 30.6 Å². The number of fused-ring (bicyclic) bond motifs is 2. The molecule has 0 radical (unpaired) electrons. The van der Waals surface area contributed by atoms with E-state index in [4.69, 9.17) is 5.73 Å². The molecule has 2 saturated heterocycles. The maximum atomic E-state index is 5.80. The Hall–Kier alpha value is -0.900. The van der Waals surface area contributed by atoms with Crippen molar-refractivity contribution in [3.63, 3.8) is 0 Å². The molecular weight excluding hydrogens is 210 g/mol. The summed E-state index contributed by atoms with van der Waals surface area (Å²) in [6.07, 6.45) is 1.35. The van der Waals surface area contributed by atoms with Crippen molar-refractivity contribution in [2.45, 2.75) is 31.6 Å². The molecule has 2 fully saturated rings. The molecule has 2 aliphatic rings. The van der Waals surface area contributed by atoms with Crippen molar-refractivity contribution in [3.8, 4) is 0 Å². The van der Waals surface area contributed by atoms with E-state index >= 15 is 0 Å². The molecule has 3 nitrogen and oxygen atoms in total. The molecule has 2 heterocycles. The second kappa shape index (κ2) is 4.41. The third kappa shape index (κ3) is 1.99. The van der Waals surface area contributed by atoms with Crippen LogP contribution in [0.2, 0.25) is 0 Å². The van der Waals surface area contributed by atoms with Crippen LogP contribution in [-0.2, 0) is 13.1 Å². The van der Waals surface area contributed by atoms with E-state index in [1.54, 1.807) is 0 Å². The third-order valence-corrected chi connectivity index (χ3v) is 4.34. The van der Waals surface area contributed by atoms with Crippen LogP contribution < -0.4 is 5.73 Å². The van der Waals surface area contributed by atoms with Gasteiger partial charge in [0.05, 0.1) is 0 Å². The highest BCUT2D eigenvalue weighted by molar-refractivity contribution is 5.27. The summed E-state index contributed by atoms with van der Waals surface area (Å²) in [4.78, 5) is 5.12. The van der Waals surface area contributed by atoms with Gasteiger partial charge in [-0.1, -0.05) is 24.3 Å². The lowest BCUT2D eigenvalue weighted by Gasteiger charge is -2.32. The van der Waals surface area contributed by atoms with Gasteiger partial charge in [0.15, 0.2) is 0 Å². The summed E-state index contributed by atoms with van der Waals surface area (Å²) in [5.74, 6) is 0. The Bertz CT molecular complexity index is 402. The fourth-order valence-electron chi connectivity index (χ4n) is 3.27. The second-order valence-electron chi connectivity index (χ2n) is 5.39. The summed E-state index contributed by atoms with van der Waals surface area (Å²) < 4.78 is 0. The van der Waals surface area contributed by atoms with Crippen molar-refractivity contribution in [1.29, 1.82) is 0 Å². The number of hydrogen-bond donors (Lipinski definition) is 1. The van der Waals surface area contributed by atoms with Crippen molar-refractivity contribution in [2.75, 3.05) is 20.1 Å². The summed E-state index contributed by atoms with van der Waals surface area (Å²) in [7, 11) is 2.25. The highest BCUT2D eigenvalue weighted by atomic mass is 15.3. The first-order chi connectivity index (χ1) is 8.28. The van der Waals surface area contributed by atoms with Crippen molar-refractivity contribution < 1.29 is 0 Å². The van der Waals surface area contributed by atoms with Crippen LogP contribution in [0.5, 0.6) is 0 Å². The molecule has 17 heavy (non-hydrogen) atoms. The van der Waals surface area contributed by atoms with E-state index in [0.29, 0.717) is 6.54 Å². The molecule has 2 unspecified atom stereocenters. The predicted molar refractivity (Wildman–Crippen MR) is 69.6 cm³/mol. The zero-order valence-corrected chi connectivity index (χ0v) is 10.5. The number of benzene rings is 1. The fraction of sp³-hybridized carbons (Fsp3) is 0.571. The van der Waals surface area contributed by atoms with Crippen LogP contribution in [0.3, 0.4) is 0 Å². The first kappa shape index (κ1) is 11.2. The molecule has 1 aromatic carbocycles. The summed E-state index contributed by atoms with van der Waals surface area (Å²) in [6.45, 7) is 4.18. The Balaban J connectivity index is 1.72. The molecule has 0 amide bonds. The van der Waals surface area contributed by atoms with Gasteiger partial charge in [-0.15, -0.1) is 0 Å². The molecule has 3 heteroatoms. The zero-order valence-electron chi connectivity index (χ0n) is 10.5. The van der Waals surface area contributed by atoms with Crippen LogP contribution in [-0.4, -0.2) is 42.0 Å². The Labute approximate surface area is 103 Å². The first-order valence-corrected chi connectivity index (χ1v) is 6.49. The Morgan fingerprint density at radius 1 is 1.18 bits per heavy atom. The van der Waals surface area contributed by atoms with Crippen LogP contribution in [0.1, 0.15) is 17.5 Å². The average molecular weight is 231 g/mol. The molecule has 0 aliphatic carbocycles. The Morgan fingerprint density at radius 3 is 2.53 bits per heavy atom. The van der Waals surface area contributed by atoms with Gasteiger partial charge in [-0.05, 0) is 24.6 Å². The number of likely N-dealkylation sites (N-methyl/N-ethyl adjacent to an activating group) is 1. The molecule has 1 aromatic rings. The summed E-state index contributed by atoms with van der Waals surface area (Å²) >= 11 is 0. The Kier molecular flexibility index (Phi) is 2.90. The van der Waals surface area contributed by atoms with Crippen molar-refractivity contribution >= 4 is 0 Å². The summed E-state index contributed by atoms with van der Waals surface area (Å²) in [5, 5.41) is 0. The van der Waals surface area contributed by atoms with Crippen LogP contribution in [0, 0.1) is 0 Å². The molecule has 2 aliphatic heterocycles. The molecular formula is C14H21N3. The topological polar surface area (TPSA) is 32.5 Å². The minimum absolute atomic E-state index is 0.651. The molecule has 2 bridgehead atoms. The van der Waals surface area contributed by atoms with Gasteiger partial charge in [-0.25, -0.2) is 0 Å². The molecule has 0 saturated carbocycles. The van der Waals surface area contributed by atoms with Gasteiger partial charge in [-0.2, -0.15) is 0 Å². The van der Waals surface area contributed by atoms with Crippen molar-refractivity contribution in [1.82, 2.24) is 9.80 Å². The van der Waals surface area contributed by atoms with Crippen molar-refractivity contribution in [3.05, 3.63) is 35.4 Å². The standard InChI is InChI=1S/C14H21N3/c1-16-9-14-6-13(16)10-17(14)8-12-5-3-2-4-11(12)7-15/h2-5,13-14H,6-10,15H2,1H3. The highest BCUT2D eigenvalue weighted by Crippen LogP contribution is 2.30. The third-order valence-electron chi connectivity index (χ3n) is 4.34. The number of nitrogens with zero attached hydrogens (tertiary/aromatic N) is 2. The normalized spacial score (nSPS) is 29.1. The van der Waals surface area contributed by atoms with E-state index in [0.717, 1.165) is 18.6 Å². The number of piperazine rings is 1. The molecule has 3 rings (SSSR count).